The first-order valence-corrected chi connectivity index (χ1v) is 7.14. The number of aromatic nitrogens is 4. The SMILES string of the molecule is Cc1ccc(-c2nnc(-c3nc4ccccc4nc3N)o2)cc1. The molecule has 0 saturated carbocycles. The fraction of sp³-hybridized carbons (Fsp3) is 0.0588. The summed E-state index contributed by atoms with van der Waals surface area (Å²) in [6.07, 6.45) is 0. The molecule has 4 aromatic rings. The number of nitrogen functional groups attached to an aromatic ring is 1. The summed E-state index contributed by atoms with van der Waals surface area (Å²) in [5.41, 5.74) is 9.85. The Balaban J connectivity index is 1.79. The van der Waals surface area contributed by atoms with E-state index in [2.05, 4.69) is 20.2 Å². The van der Waals surface area contributed by atoms with Crippen molar-refractivity contribution in [3.8, 4) is 23.0 Å². The molecule has 0 aliphatic rings. The Bertz CT molecular complexity index is 991. The lowest BCUT2D eigenvalue weighted by Gasteiger charge is -2.02. The van der Waals surface area contributed by atoms with E-state index in [-0.39, 0.29) is 11.7 Å². The number of para-hydroxylation sites is 2. The third-order valence-electron chi connectivity index (χ3n) is 3.52. The zero-order chi connectivity index (χ0) is 15.8. The number of hydrogen-bond acceptors (Lipinski definition) is 6. The van der Waals surface area contributed by atoms with Gasteiger partial charge < -0.3 is 10.2 Å². The van der Waals surface area contributed by atoms with Crippen LogP contribution in [-0.4, -0.2) is 20.2 Å². The molecule has 6 nitrogen and oxygen atoms in total. The Labute approximate surface area is 132 Å². The van der Waals surface area contributed by atoms with Crippen LogP contribution in [-0.2, 0) is 0 Å². The molecule has 0 unspecified atom stereocenters. The van der Waals surface area contributed by atoms with Gasteiger partial charge in [0, 0.05) is 5.56 Å². The van der Waals surface area contributed by atoms with E-state index < -0.39 is 0 Å². The monoisotopic (exact) mass is 303 g/mol. The van der Waals surface area contributed by atoms with Crippen LogP contribution in [0.1, 0.15) is 5.56 Å². The van der Waals surface area contributed by atoms with Gasteiger partial charge in [-0.15, -0.1) is 10.2 Å². The van der Waals surface area contributed by atoms with Gasteiger partial charge in [-0.1, -0.05) is 29.8 Å². The van der Waals surface area contributed by atoms with Gasteiger partial charge in [0.25, 0.3) is 5.89 Å². The van der Waals surface area contributed by atoms with Gasteiger partial charge >= 0.3 is 0 Å². The second kappa shape index (κ2) is 5.17. The molecule has 2 heterocycles. The molecule has 0 spiro atoms. The van der Waals surface area contributed by atoms with Crippen LogP contribution in [0.3, 0.4) is 0 Å². The molecule has 0 amide bonds. The van der Waals surface area contributed by atoms with Crippen LogP contribution in [0.5, 0.6) is 0 Å². The second-order valence-electron chi connectivity index (χ2n) is 5.22. The minimum absolute atomic E-state index is 0.260. The van der Waals surface area contributed by atoms with E-state index in [1.54, 1.807) is 0 Å². The van der Waals surface area contributed by atoms with Crippen LogP contribution < -0.4 is 5.73 Å². The molecule has 2 N–H and O–H groups in total. The average Bonchev–Trinajstić information content (AvgIpc) is 3.04. The van der Waals surface area contributed by atoms with Gasteiger partial charge in [0.2, 0.25) is 5.89 Å². The van der Waals surface area contributed by atoms with E-state index in [0.717, 1.165) is 22.2 Å². The Morgan fingerprint density at radius 2 is 1.48 bits per heavy atom. The summed E-state index contributed by atoms with van der Waals surface area (Å²) in [6, 6.07) is 15.3. The normalized spacial score (nSPS) is 11.0. The molecule has 23 heavy (non-hydrogen) atoms. The maximum Gasteiger partial charge on any atom is 0.270 e. The van der Waals surface area contributed by atoms with Crippen LogP contribution >= 0.6 is 0 Å². The van der Waals surface area contributed by atoms with Crippen molar-refractivity contribution in [3.05, 3.63) is 54.1 Å². The molecular formula is C17H13N5O. The third-order valence-corrected chi connectivity index (χ3v) is 3.52. The van der Waals surface area contributed by atoms with Gasteiger partial charge in [-0.05, 0) is 31.2 Å². The molecule has 2 aromatic carbocycles. The highest BCUT2D eigenvalue weighted by Gasteiger charge is 2.16. The number of nitrogens with two attached hydrogens (primary N) is 1. The summed E-state index contributed by atoms with van der Waals surface area (Å²) in [5.74, 6) is 0.952. The fourth-order valence-electron chi connectivity index (χ4n) is 2.30. The Hall–Kier alpha value is -3.28. The second-order valence-corrected chi connectivity index (χ2v) is 5.22. The van der Waals surface area contributed by atoms with Crippen molar-refractivity contribution in [2.45, 2.75) is 6.92 Å². The van der Waals surface area contributed by atoms with Gasteiger partial charge in [-0.3, -0.25) is 0 Å². The number of hydrogen-bond donors (Lipinski definition) is 1. The van der Waals surface area contributed by atoms with Gasteiger partial charge in [-0.2, -0.15) is 0 Å². The molecule has 0 bridgehead atoms. The average molecular weight is 303 g/mol. The molecule has 0 radical (unpaired) electrons. The van der Waals surface area contributed by atoms with E-state index in [1.165, 1.54) is 0 Å². The first kappa shape index (κ1) is 13.4. The molecule has 0 aliphatic carbocycles. The van der Waals surface area contributed by atoms with Crippen molar-refractivity contribution in [1.29, 1.82) is 0 Å². The van der Waals surface area contributed by atoms with Crippen LogP contribution in [0.25, 0.3) is 34.1 Å². The number of benzene rings is 2. The standard InChI is InChI=1S/C17H13N5O/c1-10-6-8-11(9-7-10)16-21-22-17(23-16)14-15(18)20-13-5-3-2-4-12(13)19-14/h2-9H,1H3,(H2,18,20). The number of aryl methyl sites for hydroxylation is 1. The van der Waals surface area contributed by atoms with Crippen molar-refractivity contribution in [2.24, 2.45) is 0 Å². The molecule has 0 aliphatic heterocycles. The van der Waals surface area contributed by atoms with E-state index in [9.17, 15) is 0 Å². The number of anilines is 1. The summed E-state index contributed by atoms with van der Waals surface area (Å²) in [4.78, 5) is 8.82. The summed E-state index contributed by atoms with van der Waals surface area (Å²) in [5, 5.41) is 8.13. The Morgan fingerprint density at radius 3 is 2.22 bits per heavy atom. The molecule has 0 fully saturated rings. The summed E-state index contributed by atoms with van der Waals surface area (Å²) < 4.78 is 5.72. The highest BCUT2D eigenvalue weighted by Crippen LogP contribution is 2.27. The summed E-state index contributed by atoms with van der Waals surface area (Å²) in [7, 11) is 0. The molecule has 0 saturated heterocycles. The maximum atomic E-state index is 5.99. The van der Waals surface area contributed by atoms with Crippen LogP contribution in [0.4, 0.5) is 5.82 Å². The van der Waals surface area contributed by atoms with Crippen molar-refractivity contribution < 1.29 is 4.42 Å². The van der Waals surface area contributed by atoms with Gasteiger partial charge in [0.05, 0.1) is 11.0 Å². The van der Waals surface area contributed by atoms with Crippen LogP contribution in [0, 0.1) is 6.92 Å². The quantitative estimate of drug-likeness (QED) is 0.611. The smallest absolute Gasteiger partial charge is 0.270 e. The lowest BCUT2D eigenvalue weighted by Crippen LogP contribution is -1.98. The van der Waals surface area contributed by atoms with Gasteiger partial charge in [0.1, 0.15) is 0 Å². The highest BCUT2D eigenvalue weighted by atomic mass is 16.4. The number of nitrogens with zero attached hydrogens (tertiary/aromatic N) is 4. The lowest BCUT2D eigenvalue weighted by atomic mass is 10.1. The van der Waals surface area contributed by atoms with Crippen molar-refractivity contribution in [2.75, 3.05) is 5.73 Å². The molecular weight excluding hydrogens is 290 g/mol. The molecule has 112 valence electrons. The zero-order valence-corrected chi connectivity index (χ0v) is 12.4. The fourth-order valence-corrected chi connectivity index (χ4v) is 2.30. The van der Waals surface area contributed by atoms with Crippen molar-refractivity contribution >= 4 is 16.9 Å². The van der Waals surface area contributed by atoms with E-state index in [0.29, 0.717) is 11.6 Å². The topological polar surface area (TPSA) is 90.7 Å². The predicted octanol–water partition coefficient (Wildman–Crippen LogP) is 3.24. The first-order chi connectivity index (χ1) is 11.2. The van der Waals surface area contributed by atoms with Gasteiger partial charge in [0.15, 0.2) is 11.5 Å². The van der Waals surface area contributed by atoms with E-state index in [1.807, 2.05) is 55.5 Å². The van der Waals surface area contributed by atoms with E-state index >= 15 is 0 Å². The molecule has 0 atom stereocenters. The molecule has 2 aromatic heterocycles. The summed E-state index contributed by atoms with van der Waals surface area (Å²) >= 11 is 0. The zero-order valence-electron chi connectivity index (χ0n) is 12.4. The highest BCUT2D eigenvalue weighted by molar-refractivity contribution is 5.80. The third kappa shape index (κ3) is 2.40. The number of fused-ring (bicyclic) bond motifs is 1. The van der Waals surface area contributed by atoms with Crippen molar-refractivity contribution in [1.82, 2.24) is 20.2 Å². The largest absolute Gasteiger partial charge is 0.414 e. The summed E-state index contributed by atoms with van der Waals surface area (Å²) in [6.45, 7) is 2.02. The minimum Gasteiger partial charge on any atom is -0.414 e. The maximum absolute atomic E-state index is 5.99. The van der Waals surface area contributed by atoms with Crippen LogP contribution in [0.15, 0.2) is 52.9 Å². The van der Waals surface area contributed by atoms with Gasteiger partial charge in [-0.25, -0.2) is 9.97 Å². The molecule has 4 rings (SSSR count). The minimum atomic E-state index is 0.260. The first-order valence-electron chi connectivity index (χ1n) is 7.14. The Kier molecular flexibility index (Phi) is 3.01. The van der Waals surface area contributed by atoms with Crippen LogP contribution in [0.2, 0.25) is 0 Å². The van der Waals surface area contributed by atoms with E-state index in [4.69, 9.17) is 10.2 Å². The molecule has 6 heteroatoms. The van der Waals surface area contributed by atoms with Crippen molar-refractivity contribution in [3.63, 3.8) is 0 Å². The predicted molar refractivity (Wildman–Crippen MR) is 87.4 cm³/mol. The Morgan fingerprint density at radius 1 is 0.826 bits per heavy atom. The lowest BCUT2D eigenvalue weighted by molar-refractivity contribution is 0.582. The number of rotatable bonds is 2.